The Morgan fingerprint density at radius 2 is 1.87 bits per heavy atom. The van der Waals surface area contributed by atoms with Crippen LogP contribution in [0.15, 0.2) is 53.5 Å². The molecule has 3 N–H and O–H groups in total. The van der Waals surface area contributed by atoms with Gasteiger partial charge in [-0.05, 0) is 49.3 Å². The highest BCUT2D eigenvalue weighted by atomic mass is 16.5. The highest BCUT2D eigenvalue weighted by Gasteiger charge is 2.20. The molecule has 0 atom stereocenters. The number of para-hydroxylation sites is 2. The van der Waals surface area contributed by atoms with Gasteiger partial charge in [0.25, 0.3) is 0 Å². The van der Waals surface area contributed by atoms with Gasteiger partial charge in [0.05, 0.1) is 19.8 Å². The van der Waals surface area contributed by atoms with E-state index in [1.807, 2.05) is 24.3 Å². The van der Waals surface area contributed by atoms with Crippen molar-refractivity contribution in [3.8, 4) is 11.5 Å². The number of ether oxygens (including phenoxy) is 2. The molecule has 6 nitrogen and oxygen atoms in total. The molecule has 2 aromatic carbocycles. The van der Waals surface area contributed by atoms with Crippen molar-refractivity contribution < 1.29 is 9.47 Å². The topological polar surface area (TPSA) is 70.7 Å². The summed E-state index contributed by atoms with van der Waals surface area (Å²) >= 11 is 0. The third-order valence-electron chi connectivity index (χ3n) is 5.57. The molecule has 1 aliphatic rings. The molecule has 0 saturated heterocycles. The normalized spacial score (nSPS) is 14.8. The van der Waals surface area contributed by atoms with Gasteiger partial charge in [0.2, 0.25) is 0 Å². The molecule has 0 bridgehead atoms. The lowest BCUT2D eigenvalue weighted by atomic mass is 10.1. The Morgan fingerprint density at radius 1 is 1.07 bits per heavy atom. The molecule has 158 valence electrons. The number of rotatable bonds is 7. The lowest BCUT2D eigenvalue weighted by molar-refractivity contribution is 0.198. The van der Waals surface area contributed by atoms with Crippen molar-refractivity contribution in [1.82, 2.24) is 15.6 Å². The maximum Gasteiger partial charge on any atom is 0.191 e. The predicted octanol–water partition coefficient (Wildman–Crippen LogP) is 4.36. The fourth-order valence-electron chi connectivity index (χ4n) is 3.98. The zero-order chi connectivity index (χ0) is 20.8. The molecule has 0 unspecified atom stereocenters. The van der Waals surface area contributed by atoms with E-state index in [9.17, 15) is 0 Å². The molecule has 0 amide bonds. The largest absolute Gasteiger partial charge is 0.493 e. The van der Waals surface area contributed by atoms with Crippen LogP contribution < -0.4 is 20.1 Å². The quantitative estimate of drug-likeness (QED) is 0.403. The maximum atomic E-state index is 6.33. The highest BCUT2D eigenvalue weighted by molar-refractivity contribution is 5.81. The summed E-state index contributed by atoms with van der Waals surface area (Å²) in [5, 5.41) is 7.98. The van der Waals surface area contributed by atoms with E-state index in [0.717, 1.165) is 47.1 Å². The molecule has 1 saturated carbocycles. The number of aromatic nitrogens is 1. The van der Waals surface area contributed by atoms with Crippen molar-refractivity contribution in [2.75, 3.05) is 14.2 Å². The van der Waals surface area contributed by atoms with Crippen molar-refractivity contribution in [1.29, 1.82) is 0 Å². The van der Waals surface area contributed by atoms with Crippen LogP contribution in [0.2, 0.25) is 0 Å². The van der Waals surface area contributed by atoms with Crippen LogP contribution in [0, 0.1) is 0 Å². The summed E-state index contributed by atoms with van der Waals surface area (Å²) in [5.41, 5.74) is 3.32. The number of aliphatic imine (C=N–C) groups is 1. The molecule has 0 radical (unpaired) electrons. The number of H-pyrrole nitrogens is 1. The first kappa shape index (κ1) is 20.1. The van der Waals surface area contributed by atoms with Crippen LogP contribution in [0.4, 0.5) is 0 Å². The SMILES string of the molecule is CN=C(NCc1cc2ccccc2[nH]1)NCc1cccc(OC)c1OC1CCCC1. The van der Waals surface area contributed by atoms with Crippen LogP contribution >= 0.6 is 0 Å². The van der Waals surface area contributed by atoms with Crippen LogP contribution in [0.25, 0.3) is 10.9 Å². The molecule has 1 fully saturated rings. The Labute approximate surface area is 177 Å². The fourth-order valence-corrected chi connectivity index (χ4v) is 3.98. The molecule has 4 rings (SSSR count). The van der Waals surface area contributed by atoms with Crippen molar-refractivity contribution in [2.24, 2.45) is 4.99 Å². The van der Waals surface area contributed by atoms with Crippen LogP contribution in [-0.2, 0) is 13.1 Å². The summed E-state index contributed by atoms with van der Waals surface area (Å²) in [6.45, 7) is 1.27. The molecule has 0 aliphatic heterocycles. The number of fused-ring (bicyclic) bond motifs is 1. The average Bonchev–Trinajstić information content (AvgIpc) is 3.44. The van der Waals surface area contributed by atoms with E-state index in [0.29, 0.717) is 13.1 Å². The molecule has 1 aliphatic carbocycles. The van der Waals surface area contributed by atoms with E-state index in [1.54, 1.807) is 14.2 Å². The molecule has 0 spiro atoms. The summed E-state index contributed by atoms with van der Waals surface area (Å²) in [6.07, 6.45) is 4.96. The van der Waals surface area contributed by atoms with Crippen molar-refractivity contribution in [3.63, 3.8) is 0 Å². The summed E-state index contributed by atoms with van der Waals surface area (Å²) in [4.78, 5) is 7.79. The van der Waals surface area contributed by atoms with Gasteiger partial charge in [-0.2, -0.15) is 0 Å². The van der Waals surface area contributed by atoms with E-state index in [1.165, 1.54) is 18.2 Å². The number of aromatic amines is 1. The molecule has 1 heterocycles. The van der Waals surface area contributed by atoms with Gasteiger partial charge in [-0.25, -0.2) is 0 Å². The van der Waals surface area contributed by atoms with Crippen molar-refractivity contribution in [3.05, 3.63) is 59.8 Å². The molecule has 3 aromatic rings. The zero-order valence-corrected chi connectivity index (χ0v) is 17.7. The van der Waals surface area contributed by atoms with E-state index in [2.05, 4.69) is 44.9 Å². The number of guanidine groups is 1. The standard InChI is InChI=1S/C24H30N4O2/c1-25-24(27-16-19-14-17-8-3-6-12-21(17)28-19)26-15-18-9-7-13-22(29-2)23(18)30-20-10-4-5-11-20/h3,6-9,12-14,20,28H,4-5,10-11,15-16H2,1-2H3,(H2,25,26,27). The van der Waals surface area contributed by atoms with Crippen LogP contribution in [-0.4, -0.2) is 31.2 Å². The Hall–Kier alpha value is -3.15. The summed E-state index contributed by atoms with van der Waals surface area (Å²) in [5.74, 6) is 2.36. The highest BCUT2D eigenvalue weighted by Crippen LogP contribution is 2.34. The van der Waals surface area contributed by atoms with Gasteiger partial charge >= 0.3 is 0 Å². The first-order valence-electron chi connectivity index (χ1n) is 10.6. The van der Waals surface area contributed by atoms with E-state index >= 15 is 0 Å². The van der Waals surface area contributed by atoms with E-state index in [4.69, 9.17) is 9.47 Å². The summed E-state index contributed by atoms with van der Waals surface area (Å²) in [6, 6.07) is 16.5. The Bertz CT molecular complexity index is 972. The van der Waals surface area contributed by atoms with Gasteiger partial charge in [0.15, 0.2) is 17.5 Å². The Morgan fingerprint density at radius 3 is 2.63 bits per heavy atom. The smallest absolute Gasteiger partial charge is 0.191 e. The number of methoxy groups -OCH3 is 1. The molecular formula is C24H30N4O2. The number of hydrogen-bond donors (Lipinski definition) is 3. The van der Waals surface area contributed by atoms with Crippen LogP contribution in [0.1, 0.15) is 36.9 Å². The Kier molecular flexibility index (Phi) is 6.42. The zero-order valence-electron chi connectivity index (χ0n) is 17.7. The van der Waals surface area contributed by atoms with Gasteiger partial charge in [-0.15, -0.1) is 0 Å². The van der Waals surface area contributed by atoms with Gasteiger partial charge in [-0.3, -0.25) is 4.99 Å². The monoisotopic (exact) mass is 406 g/mol. The summed E-state index contributed by atoms with van der Waals surface area (Å²) < 4.78 is 11.9. The summed E-state index contributed by atoms with van der Waals surface area (Å²) in [7, 11) is 3.47. The molecule has 6 heteroatoms. The second kappa shape index (κ2) is 9.57. The Balaban J connectivity index is 1.39. The molecular weight excluding hydrogens is 376 g/mol. The lowest BCUT2D eigenvalue weighted by Crippen LogP contribution is -2.36. The minimum atomic E-state index is 0.277. The second-order valence-corrected chi connectivity index (χ2v) is 7.63. The number of nitrogens with zero attached hydrogens (tertiary/aromatic N) is 1. The maximum absolute atomic E-state index is 6.33. The van der Waals surface area contributed by atoms with Crippen molar-refractivity contribution >= 4 is 16.9 Å². The third-order valence-corrected chi connectivity index (χ3v) is 5.57. The number of nitrogens with one attached hydrogen (secondary N) is 3. The van der Waals surface area contributed by atoms with Gasteiger partial charge in [-0.1, -0.05) is 30.3 Å². The minimum Gasteiger partial charge on any atom is -0.493 e. The lowest BCUT2D eigenvalue weighted by Gasteiger charge is -2.20. The fraction of sp³-hybridized carbons (Fsp3) is 0.375. The van der Waals surface area contributed by atoms with Gasteiger partial charge < -0.3 is 25.1 Å². The first-order chi connectivity index (χ1) is 14.8. The number of benzene rings is 2. The van der Waals surface area contributed by atoms with Gasteiger partial charge in [0, 0.05) is 30.4 Å². The molecule has 1 aromatic heterocycles. The number of hydrogen-bond acceptors (Lipinski definition) is 3. The van der Waals surface area contributed by atoms with Crippen LogP contribution in [0.3, 0.4) is 0 Å². The minimum absolute atomic E-state index is 0.277. The first-order valence-corrected chi connectivity index (χ1v) is 10.6. The van der Waals surface area contributed by atoms with Crippen molar-refractivity contribution in [2.45, 2.75) is 44.9 Å². The molecule has 30 heavy (non-hydrogen) atoms. The second-order valence-electron chi connectivity index (χ2n) is 7.63. The van der Waals surface area contributed by atoms with E-state index < -0.39 is 0 Å². The van der Waals surface area contributed by atoms with E-state index in [-0.39, 0.29) is 6.10 Å². The van der Waals surface area contributed by atoms with Gasteiger partial charge in [0.1, 0.15) is 0 Å². The third kappa shape index (κ3) is 4.70. The predicted molar refractivity (Wildman–Crippen MR) is 121 cm³/mol. The average molecular weight is 407 g/mol. The van der Waals surface area contributed by atoms with Crippen LogP contribution in [0.5, 0.6) is 11.5 Å².